The highest BCUT2D eigenvalue weighted by atomic mass is 32.2. The smallest absolute Gasteiger partial charge is 0.0454 e. The molecule has 1 rings (SSSR count). The minimum Gasteiger partial charge on any atom is -0.255 e. The Morgan fingerprint density at radius 1 is 1.33 bits per heavy atom. The van der Waals surface area contributed by atoms with Gasteiger partial charge < -0.3 is 0 Å². The summed E-state index contributed by atoms with van der Waals surface area (Å²) in [5, 5.41) is 0. The molecule has 0 aliphatic carbocycles. The van der Waals surface area contributed by atoms with E-state index in [4.69, 9.17) is 0 Å². The molecule has 1 aromatic rings. The van der Waals surface area contributed by atoms with Gasteiger partial charge in [-0.1, -0.05) is 30.3 Å². The minimum atomic E-state index is -0.850. The van der Waals surface area contributed by atoms with E-state index in [2.05, 4.69) is 0 Å². The zero-order valence-electron chi connectivity index (χ0n) is 7.28. The molecule has 0 aromatic heterocycles. The lowest BCUT2D eigenvalue weighted by Gasteiger charge is -1.95. The number of rotatable bonds is 2. The second-order valence-corrected chi connectivity index (χ2v) is 4.17. The van der Waals surface area contributed by atoms with Crippen LogP contribution in [-0.2, 0) is 10.8 Å². The fourth-order valence-corrected chi connectivity index (χ4v) is 1.17. The Hall–Kier alpha value is -0.890. The van der Waals surface area contributed by atoms with Crippen molar-refractivity contribution in [2.45, 2.75) is 6.92 Å². The van der Waals surface area contributed by atoms with Gasteiger partial charge in [-0.15, -0.1) is 0 Å². The summed E-state index contributed by atoms with van der Waals surface area (Å²) >= 11 is 0. The highest BCUT2D eigenvalue weighted by molar-refractivity contribution is 7.88. The first kappa shape index (κ1) is 9.20. The zero-order valence-corrected chi connectivity index (χ0v) is 8.10. The molecule has 0 N–H and O–H groups in total. The molecule has 2 heteroatoms. The molecule has 0 spiro atoms. The third kappa shape index (κ3) is 2.62. The zero-order chi connectivity index (χ0) is 8.97. The molecule has 0 saturated heterocycles. The first-order chi connectivity index (χ1) is 5.70. The summed E-state index contributed by atoms with van der Waals surface area (Å²) in [5.41, 5.74) is 1.10. The van der Waals surface area contributed by atoms with Crippen LogP contribution in [0, 0.1) is 0 Å². The van der Waals surface area contributed by atoms with Crippen molar-refractivity contribution in [3.05, 3.63) is 40.8 Å². The molecule has 0 saturated carbocycles. The average Bonchev–Trinajstić information content (AvgIpc) is 2.06. The van der Waals surface area contributed by atoms with Gasteiger partial charge in [0.05, 0.1) is 0 Å². The van der Waals surface area contributed by atoms with Gasteiger partial charge in [-0.2, -0.15) is 0 Å². The lowest BCUT2D eigenvalue weighted by Crippen LogP contribution is -1.85. The molecule has 0 radical (unpaired) electrons. The average molecular weight is 180 g/mol. The lowest BCUT2D eigenvalue weighted by atomic mass is 10.2. The van der Waals surface area contributed by atoms with E-state index in [1.54, 1.807) is 6.26 Å². The van der Waals surface area contributed by atoms with Crippen LogP contribution in [0.4, 0.5) is 0 Å². The Bertz CT molecular complexity index is 301. The van der Waals surface area contributed by atoms with E-state index in [-0.39, 0.29) is 0 Å². The summed E-state index contributed by atoms with van der Waals surface area (Å²) < 4.78 is 11.0. The quantitative estimate of drug-likeness (QED) is 0.683. The Labute approximate surface area is 75.6 Å². The summed E-state index contributed by atoms with van der Waals surface area (Å²) in [4.78, 5) is 0.904. The van der Waals surface area contributed by atoms with Crippen LogP contribution in [0.2, 0.25) is 0 Å². The van der Waals surface area contributed by atoms with E-state index in [9.17, 15) is 4.21 Å². The van der Waals surface area contributed by atoms with Crippen LogP contribution in [-0.4, -0.2) is 10.5 Å². The molecule has 1 aromatic carbocycles. The topological polar surface area (TPSA) is 17.1 Å². The first-order valence-corrected chi connectivity index (χ1v) is 5.33. The number of hydrogen-bond acceptors (Lipinski definition) is 1. The Balaban J connectivity index is 2.89. The van der Waals surface area contributed by atoms with E-state index in [0.29, 0.717) is 0 Å². The van der Waals surface area contributed by atoms with Gasteiger partial charge in [0.15, 0.2) is 0 Å². The number of hydrogen-bond donors (Lipinski definition) is 0. The molecule has 12 heavy (non-hydrogen) atoms. The van der Waals surface area contributed by atoms with Gasteiger partial charge in [0, 0.05) is 22.0 Å². The van der Waals surface area contributed by atoms with Crippen LogP contribution >= 0.6 is 0 Å². The molecule has 0 aliphatic heterocycles. The first-order valence-electron chi connectivity index (χ1n) is 3.77. The second-order valence-electron chi connectivity index (χ2n) is 2.62. The van der Waals surface area contributed by atoms with Crippen LogP contribution in [0.3, 0.4) is 0 Å². The van der Waals surface area contributed by atoms with Crippen molar-refractivity contribution in [1.29, 1.82) is 0 Å². The van der Waals surface area contributed by atoms with E-state index in [1.807, 2.05) is 43.3 Å². The molecule has 1 unspecified atom stereocenters. The third-order valence-corrected chi connectivity index (χ3v) is 2.65. The SMILES string of the molecule is C/C(=C\c1ccccc1)S(C)=O. The van der Waals surface area contributed by atoms with Gasteiger partial charge in [0.1, 0.15) is 0 Å². The van der Waals surface area contributed by atoms with Crippen LogP contribution in [0.25, 0.3) is 6.08 Å². The number of benzene rings is 1. The predicted octanol–water partition coefficient (Wildman–Crippen LogP) is 2.43. The summed E-state index contributed by atoms with van der Waals surface area (Å²) in [7, 11) is -0.850. The molecule has 0 heterocycles. The summed E-state index contributed by atoms with van der Waals surface area (Å²) in [6, 6.07) is 9.90. The Kier molecular flexibility index (Phi) is 3.23. The van der Waals surface area contributed by atoms with Crippen molar-refractivity contribution in [1.82, 2.24) is 0 Å². The predicted molar refractivity (Wildman–Crippen MR) is 54.2 cm³/mol. The van der Waals surface area contributed by atoms with Crippen molar-refractivity contribution in [3.8, 4) is 0 Å². The standard InChI is InChI=1S/C10H12OS/c1-9(12(2)11)8-10-6-4-3-5-7-10/h3-8H,1-2H3/b9-8+. The van der Waals surface area contributed by atoms with Gasteiger partial charge >= 0.3 is 0 Å². The molecule has 0 bridgehead atoms. The van der Waals surface area contributed by atoms with E-state index in [1.165, 1.54) is 0 Å². The summed E-state index contributed by atoms with van der Waals surface area (Å²) in [6.45, 7) is 1.88. The molecular formula is C10H12OS. The highest BCUT2D eigenvalue weighted by Crippen LogP contribution is 2.07. The Morgan fingerprint density at radius 3 is 2.42 bits per heavy atom. The fraction of sp³-hybridized carbons (Fsp3) is 0.200. The maximum Gasteiger partial charge on any atom is 0.0454 e. The lowest BCUT2D eigenvalue weighted by molar-refractivity contribution is 0.690. The third-order valence-electron chi connectivity index (χ3n) is 1.62. The molecular weight excluding hydrogens is 168 g/mol. The number of allylic oxidation sites excluding steroid dienone is 1. The van der Waals surface area contributed by atoms with Crippen molar-refractivity contribution in [3.63, 3.8) is 0 Å². The second kappa shape index (κ2) is 4.21. The maximum atomic E-state index is 11.0. The van der Waals surface area contributed by atoms with E-state index >= 15 is 0 Å². The Morgan fingerprint density at radius 2 is 1.92 bits per heavy atom. The molecule has 1 atom stereocenters. The highest BCUT2D eigenvalue weighted by Gasteiger charge is 1.93. The van der Waals surface area contributed by atoms with Crippen LogP contribution in [0.5, 0.6) is 0 Å². The maximum absolute atomic E-state index is 11.0. The van der Waals surface area contributed by atoms with Crippen molar-refractivity contribution in [2.24, 2.45) is 0 Å². The molecule has 0 aliphatic rings. The van der Waals surface area contributed by atoms with Gasteiger partial charge in [-0.3, -0.25) is 4.21 Å². The van der Waals surface area contributed by atoms with Crippen LogP contribution in [0.15, 0.2) is 35.2 Å². The van der Waals surface area contributed by atoms with Crippen LogP contribution < -0.4 is 0 Å². The van der Waals surface area contributed by atoms with Crippen molar-refractivity contribution < 1.29 is 4.21 Å². The summed E-state index contributed by atoms with van der Waals surface area (Å²) in [5.74, 6) is 0. The van der Waals surface area contributed by atoms with Crippen molar-refractivity contribution >= 4 is 16.9 Å². The van der Waals surface area contributed by atoms with Crippen LogP contribution in [0.1, 0.15) is 12.5 Å². The van der Waals surface area contributed by atoms with Gasteiger partial charge in [0.2, 0.25) is 0 Å². The molecule has 64 valence electrons. The fourth-order valence-electron chi connectivity index (χ4n) is 0.867. The van der Waals surface area contributed by atoms with Gasteiger partial charge in [-0.05, 0) is 18.6 Å². The van der Waals surface area contributed by atoms with E-state index in [0.717, 1.165) is 10.5 Å². The summed E-state index contributed by atoms with van der Waals surface area (Å²) in [6.07, 6.45) is 3.63. The molecule has 0 amide bonds. The molecule has 0 fully saturated rings. The normalized spacial score (nSPS) is 14.3. The monoisotopic (exact) mass is 180 g/mol. The van der Waals surface area contributed by atoms with Gasteiger partial charge in [0.25, 0.3) is 0 Å². The van der Waals surface area contributed by atoms with Gasteiger partial charge in [-0.25, -0.2) is 0 Å². The van der Waals surface area contributed by atoms with Crippen molar-refractivity contribution in [2.75, 3.05) is 6.26 Å². The largest absolute Gasteiger partial charge is 0.255 e. The minimum absolute atomic E-state index is 0.850. The van der Waals surface area contributed by atoms with E-state index < -0.39 is 10.8 Å². The molecule has 1 nitrogen and oxygen atoms in total.